The van der Waals surface area contributed by atoms with Crippen molar-refractivity contribution < 1.29 is 19.0 Å². The fourth-order valence-electron chi connectivity index (χ4n) is 1.86. The van der Waals surface area contributed by atoms with Crippen LogP contribution in [-0.2, 0) is 19.0 Å². The van der Waals surface area contributed by atoms with E-state index < -0.39 is 0 Å². The summed E-state index contributed by atoms with van der Waals surface area (Å²) < 4.78 is 16.0. The molecule has 0 unspecified atom stereocenters. The van der Waals surface area contributed by atoms with E-state index in [1.54, 1.807) is 14.2 Å². The smallest absolute Gasteiger partial charge is 0.217 e. The molecule has 5 nitrogen and oxygen atoms in total. The first-order valence-electron chi connectivity index (χ1n) is 5.06. The highest BCUT2D eigenvalue weighted by Gasteiger charge is 2.37. The molecule has 4 atom stereocenters. The first-order chi connectivity index (χ1) is 7.08. The van der Waals surface area contributed by atoms with E-state index in [1.165, 1.54) is 6.92 Å². The van der Waals surface area contributed by atoms with E-state index in [0.717, 1.165) is 0 Å². The number of carbonyl (C=O) groups is 1. The number of ether oxygens (including phenoxy) is 3. The van der Waals surface area contributed by atoms with Crippen LogP contribution in [0.1, 0.15) is 20.3 Å². The van der Waals surface area contributed by atoms with Crippen LogP contribution in [0.15, 0.2) is 0 Å². The normalized spacial score (nSPS) is 36.3. The highest BCUT2D eigenvalue weighted by molar-refractivity contribution is 5.73. The molecule has 0 aromatic rings. The average Bonchev–Trinajstić information content (AvgIpc) is 2.20. The fraction of sp³-hybridized carbons (Fsp3) is 0.900. The third-order valence-electron chi connectivity index (χ3n) is 2.63. The standard InChI is InChI=1S/C10H19NO4/c1-6-10(11-7(2)12)8(13-3)5-9(14-4)15-6/h6,8-10H,5H2,1-4H3,(H,11,12)/t6-,8+,9-,10-/m1/s1. The Hall–Kier alpha value is -0.650. The summed E-state index contributed by atoms with van der Waals surface area (Å²) in [7, 11) is 3.23. The molecule has 1 heterocycles. The van der Waals surface area contributed by atoms with Gasteiger partial charge in [0.2, 0.25) is 5.91 Å². The lowest BCUT2D eigenvalue weighted by atomic mass is 9.99. The molecule has 15 heavy (non-hydrogen) atoms. The van der Waals surface area contributed by atoms with Gasteiger partial charge in [-0.05, 0) is 6.92 Å². The molecule has 0 saturated carbocycles. The molecule has 0 aromatic carbocycles. The SMILES string of the molecule is CO[C@H]1C[C@H](OC)[C@H](NC(C)=O)[C@@H](C)O1. The second-order valence-corrected chi connectivity index (χ2v) is 3.74. The third-order valence-corrected chi connectivity index (χ3v) is 2.63. The van der Waals surface area contributed by atoms with Crippen LogP contribution < -0.4 is 5.32 Å². The van der Waals surface area contributed by atoms with Crippen molar-refractivity contribution in [2.45, 2.75) is 44.8 Å². The summed E-state index contributed by atoms with van der Waals surface area (Å²) in [6.07, 6.45) is 0.192. The zero-order valence-corrected chi connectivity index (χ0v) is 9.65. The lowest BCUT2D eigenvalue weighted by Gasteiger charge is -2.39. The fourth-order valence-corrected chi connectivity index (χ4v) is 1.86. The number of nitrogens with one attached hydrogen (secondary N) is 1. The van der Waals surface area contributed by atoms with Gasteiger partial charge in [0.1, 0.15) is 0 Å². The summed E-state index contributed by atoms with van der Waals surface area (Å²) in [6, 6.07) is -0.112. The van der Waals surface area contributed by atoms with E-state index >= 15 is 0 Å². The number of rotatable bonds is 3. The lowest BCUT2D eigenvalue weighted by Crippen LogP contribution is -2.56. The molecule has 1 rings (SSSR count). The van der Waals surface area contributed by atoms with Crippen molar-refractivity contribution in [3.05, 3.63) is 0 Å². The first kappa shape index (κ1) is 12.4. The van der Waals surface area contributed by atoms with E-state index in [1.807, 2.05) is 6.92 Å². The monoisotopic (exact) mass is 217 g/mol. The molecule has 1 saturated heterocycles. The van der Waals surface area contributed by atoms with Gasteiger partial charge < -0.3 is 19.5 Å². The minimum Gasteiger partial charge on any atom is -0.379 e. The Kier molecular flexibility index (Phi) is 4.50. The Morgan fingerprint density at radius 3 is 2.53 bits per heavy atom. The van der Waals surface area contributed by atoms with Crippen LogP contribution in [0.3, 0.4) is 0 Å². The molecule has 0 aliphatic carbocycles. The van der Waals surface area contributed by atoms with Crippen LogP contribution in [0.2, 0.25) is 0 Å². The van der Waals surface area contributed by atoms with Crippen molar-refractivity contribution in [1.29, 1.82) is 0 Å². The van der Waals surface area contributed by atoms with E-state index in [0.29, 0.717) is 6.42 Å². The number of hydrogen-bond acceptors (Lipinski definition) is 4. The number of methoxy groups -OCH3 is 2. The number of hydrogen-bond donors (Lipinski definition) is 1. The van der Waals surface area contributed by atoms with Crippen LogP contribution in [0, 0.1) is 0 Å². The van der Waals surface area contributed by atoms with Crippen LogP contribution in [0.5, 0.6) is 0 Å². The van der Waals surface area contributed by atoms with Crippen molar-refractivity contribution in [3.63, 3.8) is 0 Å². The van der Waals surface area contributed by atoms with Gasteiger partial charge in [0, 0.05) is 27.6 Å². The largest absolute Gasteiger partial charge is 0.379 e. The van der Waals surface area contributed by atoms with Gasteiger partial charge in [-0.1, -0.05) is 0 Å². The average molecular weight is 217 g/mol. The van der Waals surface area contributed by atoms with Crippen molar-refractivity contribution in [2.24, 2.45) is 0 Å². The minimum absolute atomic E-state index is 0.0670. The summed E-state index contributed by atoms with van der Waals surface area (Å²) in [6.45, 7) is 3.39. The predicted octanol–water partition coefficient (Wildman–Crippen LogP) is 0.287. The molecule has 5 heteroatoms. The molecular formula is C10H19NO4. The Morgan fingerprint density at radius 1 is 1.40 bits per heavy atom. The number of amides is 1. The van der Waals surface area contributed by atoms with Crippen LogP contribution >= 0.6 is 0 Å². The highest BCUT2D eigenvalue weighted by atomic mass is 16.7. The quantitative estimate of drug-likeness (QED) is 0.738. The summed E-state index contributed by atoms with van der Waals surface area (Å²) in [5, 5.41) is 2.83. The van der Waals surface area contributed by atoms with Gasteiger partial charge in [0.15, 0.2) is 6.29 Å². The molecule has 0 spiro atoms. The molecule has 0 radical (unpaired) electrons. The zero-order valence-electron chi connectivity index (χ0n) is 9.65. The maximum Gasteiger partial charge on any atom is 0.217 e. The molecule has 0 bridgehead atoms. The maximum absolute atomic E-state index is 11.0. The molecule has 1 N–H and O–H groups in total. The number of carbonyl (C=O) groups excluding carboxylic acids is 1. The Bertz CT molecular complexity index is 221. The molecule has 1 aliphatic heterocycles. The van der Waals surface area contributed by atoms with Gasteiger partial charge in [-0.2, -0.15) is 0 Å². The van der Waals surface area contributed by atoms with Gasteiger partial charge in [-0.15, -0.1) is 0 Å². The second-order valence-electron chi connectivity index (χ2n) is 3.74. The summed E-state index contributed by atoms with van der Waals surface area (Å²) in [5.41, 5.74) is 0. The minimum atomic E-state index is -0.255. The predicted molar refractivity (Wildman–Crippen MR) is 54.4 cm³/mol. The van der Waals surface area contributed by atoms with Crippen LogP contribution in [0.4, 0.5) is 0 Å². The maximum atomic E-state index is 11.0. The third kappa shape index (κ3) is 3.15. The Balaban J connectivity index is 2.64. The van der Waals surface area contributed by atoms with Crippen LogP contribution in [-0.4, -0.2) is 44.7 Å². The van der Waals surface area contributed by atoms with E-state index in [2.05, 4.69) is 5.32 Å². The zero-order chi connectivity index (χ0) is 11.4. The van der Waals surface area contributed by atoms with Gasteiger partial charge in [-0.3, -0.25) is 4.79 Å². The van der Waals surface area contributed by atoms with Gasteiger partial charge in [0.25, 0.3) is 0 Å². The molecule has 1 aliphatic rings. The summed E-state index contributed by atoms with van der Waals surface area (Å²) >= 11 is 0. The van der Waals surface area contributed by atoms with Crippen molar-refractivity contribution in [1.82, 2.24) is 5.32 Å². The van der Waals surface area contributed by atoms with Gasteiger partial charge in [-0.25, -0.2) is 0 Å². The Morgan fingerprint density at radius 2 is 2.07 bits per heavy atom. The Labute approximate surface area is 90.1 Å². The van der Waals surface area contributed by atoms with Gasteiger partial charge in [0.05, 0.1) is 18.2 Å². The summed E-state index contributed by atoms with van der Waals surface area (Å²) in [4.78, 5) is 11.0. The first-order valence-corrected chi connectivity index (χ1v) is 5.06. The van der Waals surface area contributed by atoms with Crippen LogP contribution in [0.25, 0.3) is 0 Å². The van der Waals surface area contributed by atoms with Crippen molar-refractivity contribution >= 4 is 5.91 Å². The van der Waals surface area contributed by atoms with E-state index in [9.17, 15) is 4.79 Å². The molecule has 1 amide bonds. The van der Waals surface area contributed by atoms with E-state index in [4.69, 9.17) is 14.2 Å². The molecule has 1 fully saturated rings. The topological polar surface area (TPSA) is 56.8 Å². The van der Waals surface area contributed by atoms with Gasteiger partial charge >= 0.3 is 0 Å². The summed E-state index contributed by atoms with van der Waals surface area (Å²) in [5.74, 6) is -0.0756. The highest BCUT2D eigenvalue weighted by Crippen LogP contribution is 2.22. The molecule has 88 valence electrons. The second kappa shape index (κ2) is 5.44. The lowest BCUT2D eigenvalue weighted by molar-refractivity contribution is -0.214. The van der Waals surface area contributed by atoms with E-state index in [-0.39, 0.29) is 30.4 Å². The van der Waals surface area contributed by atoms with Crippen molar-refractivity contribution in [3.8, 4) is 0 Å². The van der Waals surface area contributed by atoms with Crippen molar-refractivity contribution in [2.75, 3.05) is 14.2 Å². The molecule has 0 aromatic heterocycles. The molecular weight excluding hydrogens is 198 g/mol.